The molecular formula is C14H15ClN2O2. The van der Waals surface area contributed by atoms with E-state index in [1.807, 2.05) is 0 Å². The lowest BCUT2D eigenvalue weighted by atomic mass is 9.84. The number of nitrogens with zero attached hydrogens (tertiary/aromatic N) is 1. The molecule has 5 heteroatoms. The van der Waals surface area contributed by atoms with Crippen LogP contribution in [0, 0.1) is 17.2 Å². The van der Waals surface area contributed by atoms with Crippen LogP contribution in [0.15, 0.2) is 18.2 Å². The first-order valence-electron chi connectivity index (χ1n) is 6.31. The Kier molecular flexibility index (Phi) is 4.28. The fourth-order valence-electron chi connectivity index (χ4n) is 2.53. The Bertz CT molecular complexity index is 525. The minimum atomic E-state index is -0.780. The van der Waals surface area contributed by atoms with E-state index in [-0.39, 0.29) is 6.04 Å². The maximum absolute atomic E-state index is 11.2. The van der Waals surface area contributed by atoms with Crippen molar-refractivity contribution < 1.29 is 9.90 Å². The van der Waals surface area contributed by atoms with Crippen molar-refractivity contribution in [2.75, 3.05) is 5.32 Å². The SMILES string of the molecule is N#Cc1ccc(Cl)cc1NC1CCCCC1C(=O)O. The first-order valence-corrected chi connectivity index (χ1v) is 6.68. The molecule has 1 aromatic carbocycles. The van der Waals surface area contributed by atoms with Crippen molar-refractivity contribution in [2.45, 2.75) is 31.7 Å². The van der Waals surface area contributed by atoms with Crippen molar-refractivity contribution in [3.63, 3.8) is 0 Å². The summed E-state index contributed by atoms with van der Waals surface area (Å²) in [5.41, 5.74) is 1.10. The van der Waals surface area contributed by atoms with Gasteiger partial charge in [-0.05, 0) is 31.0 Å². The van der Waals surface area contributed by atoms with Crippen LogP contribution >= 0.6 is 11.6 Å². The maximum Gasteiger partial charge on any atom is 0.308 e. The molecular weight excluding hydrogens is 264 g/mol. The van der Waals surface area contributed by atoms with Crippen LogP contribution < -0.4 is 5.32 Å². The minimum absolute atomic E-state index is 0.142. The van der Waals surface area contributed by atoms with Gasteiger partial charge in [0.1, 0.15) is 6.07 Å². The summed E-state index contributed by atoms with van der Waals surface area (Å²) in [5.74, 6) is -1.18. The van der Waals surface area contributed by atoms with E-state index < -0.39 is 11.9 Å². The van der Waals surface area contributed by atoms with E-state index in [0.29, 0.717) is 22.7 Å². The van der Waals surface area contributed by atoms with Crippen molar-refractivity contribution in [2.24, 2.45) is 5.92 Å². The maximum atomic E-state index is 11.2. The molecule has 2 atom stereocenters. The van der Waals surface area contributed by atoms with Crippen molar-refractivity contribution in [3.05, 3.63) is 28.8 Å². The summed E-state index contributed by atoms with van der Waals surface area (Å²) >= 11 is 5.92. The molecule has 2 N–H and O–H groups in total. The number of anilines is 1. The molecule has 1 fully saturated rings. The van der Waals surface area contributed by atoms with E-state index in [9.17, 15) is 9.90 Å². The number of benzene rings is 1. The van der Waals surface area contributed by atoms with E-state index in [1.165, 1.54) is 0 Å². The number of nitrogens with one attached hydrogen (secondary N) is 1. The third-order valence-electron chi connectivity index (χ3n) is 3.53. The molecule has 1 saturated carbocycles. The quantitative estimate of drug-likeness (QED) is 0.890. The Balaban J connectivity index is 2.22. The summed E-state index contributed by atoms with van der Waals surface area (Å²) in [7, 11) is 0. The lowest BCUT2D eigenvalue weighted by Gasteiger charge is -2.30. The summed E-state index contributed by atoms with van der Waals surface area (Å²) in [5, 5.41) is 22.0. The van der Waals surface area contributed by atoms with Gasteiger partial charge in [-0.3, -0.25) is 4.79 Å². The summed E-state index contributed by atoms with van der Waals surface area (Å²) in [4.78, 5) is 11.2. The number of carboxylic acids is 1. The molecule has 0 aliphatic heterocycles. The number of hydrogen-bond acceptors (Lipinski definition) is 3. The monoisotopic (exact) mass is 278 g/mol. The van der Waals surface area contributed by atoms with Gasteiger partial charge in [-0.15, -0.1) is 0 Å². The van der Waals surface area contributed by atoms with Crippen LogP contribution in [-0.2, 0) is 4.79 Å². The Hall–Kier alpha value is -1.73. The molecule has 1 aliphatic rings. The Labute approximate surface area is 117 Å². The van der Waals surface area contributed by atoms with Gasteiger partial charge in [-0.2, -0.15) is 5.26 Å². The van der Waals surface area contributed by atoms with E-state index in [4.69, 9.17) is 16.9 Å². The third kappa shape index (κ3) is 3.18. The topological polar surface area (TPSA) is 73.1 Å². The van der Waals surface area contributed by atoms with Gasteiger partial charge in [0.2, 0.25) is 0 Å². The molecule has 0 saturated heterocycles. The highest BCUT2D eigenvalue weighted by molar-refractivity contribution is 6.30. The zero-order valence-corrected chi connectivity index (χ0v) is 11.2. The highest BCUT2D eigenvalue weighted by Crippen LogP contribution is 2.29. The molecule has 19 heavy (non-hydrogen) atoms. The van der Waals surface area contributed by atoms with Gasteiger partial charge in [0, 0.05) is 11.1 Å². The summed E-state index contributed by atoms with van der Waals surface area (Å²) < 4.78 is 0. The van der Waals surface area contributed by atoms with E-state index in [2.05, 4.69) is 11.4 Å². The van der Waals surface area contributed by atoms with Gasteiger partial charge >= 0.3 is 5.97 Å². The molecule has 0 heterocycles. The van der Waals surface area contributed by atoms with Crippen LogP contribution in [0.3, 0.4) is 0 Å². The Morgan fingerprint density at radius 3 is 2.84 bits per heavy atom. The summed E-state index contributed by atoms with van der Waals surface area (Å²) in [6.45, 7) is 0. The lowest BCUT2D eigenvalue weighted by molar-refractivity contribution is -0.143. The van der Waals surface area contributed by atoms with E-state index in [0.717, 1.165) is 19.3 Å². The van der Waals surface area contributed by atoms with Crippen molar-refractivity contribution in [1.82, 2.24) is 0 Å². The van der Waals surface area contributed by atoms with Crippen molar-refractivity contribution in [1.29, 1.82) is 5.26 Å². The average Bonchev–Trinajstić information content (AvgIpc) is 2.39. The molecule has 0 radical (unpaired) electrons. The van der Waals surface area contributed by atoms with E-state index in [1.54, 1.807) is 18.2 Å². The van der Waals surface area contributed by atoms with Gasteiger partial charge in [-0.25, -0.2) is 0 Å². The standard InChI is InChI=1S/C14H15ClN2O2/c15-10-6-5-9(8-16)13(7-10)17-12-4-2-1-3-11(12)14(18)19/h5-7,11-12,17H,1-4H2,(H,18,19). The number of carboxylic acid groups (broad SMARTS) is 1. The molecule has 1 aromatic rings. The smallest absolute Gasteiger partial charge is 0.308 e. The second-order valence-electron chi connectivity index (χ2n) is 4.78. The normalized spacial score (nSPS) is 22.5. The fourth-order valence-corrected chi connectivity index (χ4v) is 2.70. The van der Waals surface area contributed by atoms with E-state index >= 15 is 0 Å². The number of carbonyl (C=O) groups is 1. The second kappa shape index (κ2) is 5.94. The first kappa shape index (κ1) is 13.7. The number of rotatable bonds is 3. The highest BCUT2D eigenvalue weighted by Gasteiger charge is 2.31. The zero-order chi connectivity index (χ0) is 13.8. The molecule has 2 rings (SSSR count). The van der Waals surface area contributed by atoms with Gasteiger partial charge in [-0.1, -0.05) is 24.4 Å². The van der Waals surface area contributed by atoms with Gasteiger partial charge in [0.05, 0.1) is 17.2 Å². The number of hydrogen-bond donors (Lipinski definition) is 2. The molecule has 4 nitrogen and oxygen atoms in total. The number of aliphatic carboxylic acids is 1. The number of nitriles is 1. The predicted octanol–water partition coefficient (Wildman–Crippen LogP) is 3.27. The van der Waals surface area contributed by atoms with Crippen LogP contribution in [0.2, 0.25) is 5.02 Å². The fraction of sp³-hybridized carbons (Fsp3) is 0.429. The van der Waals surface area contributed by atoms with Crippen LogP contribution in [0.25, 0.3) is 0 Å². The van der Waals surface area contributed by atoms with Gasteiger partial charge in [0.15, 0.2) is 0 Å². The van der Waals surface area contributed by atoms with Crippen molar-refractivity contribution >= 4 is 23.3 Å². The zero-order valence-electron chi connectivity index (χ0n) is 10.4. The second-order valence-corrected chi connectivity index (χ2v) is 5.22. The summed E-state index contributed by atoms with van der Waals surface area (Å²) in [6.07, 6.45) is 3.42. The largest absolute Gasteiger partial charge is 0.481 e. The lowest BCUT2D eigenvalue weighted by Crippen LogP contribution is -2.37. The molecule has 0 bridgehead atoms. The Morgan fingerprint density at radius 1 is 1.42 bits per heavy atom. The molecule has 0 aromatic heterocycles. The predicted molar refractivity (Wildman–Crippen MR) is 73.2 cm³/mol. The van der Waals surface area contributed by atoms with Crippen LogP contribution in [0.4, 0.5) is 5.69 Å². The molecule has 0 amide bonds. The summed E-state index contributed by atoms with van der Waals surface area (Å²) in [6, 6.07) is 6.92. The van der Waals surface area contributed by atoms with Crippen LogP contribution in [0.1, 0.15) is 31.2 Å². The van der Waals surface area contributed by atoms with Gasteiger partial charge < -0.3 is 10.4 Å². The highest BCUT2D eigenvalue weighted by atomic mass is 35.5. The Morgan fingerprint density at radius 2 is 2.16 bits per heavy atom. The van der Waals surface area contributed by atoms with Crippen LogP contribution in [-0.4, -0.2) is 17.1 Å². The van der Waals surface area contributed by atoms with Crippen molar-refractivity contribution in [3.8, 4) is 6.07 Å². The molecule has 0 spiro atoms. The van der Waals surface area contributed by atoms with Crippen LogP contribution in [0.5, 0.6) is 0 Å². The molecule has 1 aliphatic carbocycles. The average molecular weight is 279 g/mol. The van der Waals surface area contributed by atoms with Gasteiger partial charge in [0.25, 0.3) is 0 Å². The number of halogens is 1. The minimum Gasteiger partial charge on any atom is -0.481 e. The first-order chi connectivity index (χ1) is 9.11. The molecule has 2 unspecified atom stereocenters. The third-order valence-corrected chi connectivity index (χ3v) is 3.76. The molecule has 100 valence electrons.